The quantitative estimate of drug-likeness (QED) is 0.163. The van der Waals surface area contributed by atoms with Gasteiger partial charge in [-0.2, -0.15) is 10.00 Å². The Morgan fingerprint density at radius 2 is 1.38 bits per heavy atom. The summed E-state index contributed by atoms with van der Waals surface area (Å²) in [5, 5.41) is 7.66. The van der Waals surface area contributed by atoms with Crippen molar-refractivity contribution in [3.8, 4) is 11.3 Å². The van der Waals surface area contributed by atoms with E-state index in [1.165, 1.54) is 18.3 Å². The number of amides is 3. The van der Waals surface area contributed by atoms with E-state index in [0.29, 0.717) is 47.7 Å². The minimum Gasteiger partial charge on any atom is -0.444 e. The van der Waals surface area contributed by atoms with Gasteiger partial charge in [0.05, 0.1) is 16.6 Å². The summed E-state index contributed by atoms with van der Waals surface area (Å²) in [6.07, 6.45) is 0.858. The Morgan fingerprint density at radius 3 is 1.92 bits per heavy atom. The van der Waals surface area contributed by atoms with E-state index >= 15 is 8.78 Å². The van der Waals surface area contributed by atoms with Gasteiger partial charge in [0, 0.05) is 29.9 Å². The highest BCUT2D eigenvalue weighted by atomic mass is 32.2. The number of halogens is 3. The van der Waals surface area contributed by atoms with Gasteiger partial charge in [-0.3, -0.25) is 9.40 Å². The van der Waals surface area contributed by atoms with Gasteiger partial charge in [-0.15, -0.1) is 0 Å². The zero-order valence-electron chi connectivity index (χ0n) is 35.7. The van der Waals surface area contributed by atoms with Crippen LogP contribution in [0.1, 0.15) is 119 Å². The predicted octanol–water partition coefficient (Wildman–Crippen LogP) is 10.1. The molecule has 14 nitrogen and oxygen atoms in total. The Kier molecular flexibility index (Phi) is 12.9. The number of rotatable bonds is 8. The first kappa shape index (κ1) is 45.7. The van der Waals surface area contributed by atoms with E-state index in [9.17, 15) is 27.2 Å². The number of nitrogens with one attached hydrogen (secondary N) is 2. The van der Waals surface area contributed by atoms with E-state index in [1.54, 1.807) is 80.8 Å². The number of carbonyl (C=O) groups excluding carboxylic acids is 3. The Balaban J connectivity index is 1.72. The van der Waals surface area contributed by atoms with Crippen molar-refractivity contribution in [3.63, 3.8) is 0 Å². The molecule has 0 atom stereocenters. The molecule has 0 saturated heterocycles. The summed E-state index contributed by atoms with van der Waals surface area (Å²) in [6.45, 7) is 18.5. The van der Waals surface area contributed by atoms with E-state index in [4.69, 9.17) is 19.3 Å². The van der Waals surface area contributed by atoms with Crippen LogP contribution in [0.3, 0.4) is 0 Å². The first-order valence-corrected chi connectivity index (χ1v) is 21.1. The summed E-state index contributed by atoms with van der Waals surface area (Å²) in [6, 6.07) is 5.13. The van der Waals surface area contributed by atoms with Crippen molar-refractivity contribution in [1.29, 1.82) is 0 Å². The molecule has 1 saturated carbocycles. The van der Waals surface area contributed by atoms with Gasteiger partial charge in [-0.25, -0.2) is 41.0 Å². The van der Waals surface area contributed by atoms with Crippen LogP contribution in [0.15, 0.2) is 47.5 Å². The standard InChI is InChI=1S/C42H53F3N6O8S/c1-23(2)51-35-27(24-16-18-25(19-17-24)47-37(52)57-40(3,4)5)22-46-36(50(38(53)58-41(6,7)8)39(54)59-42(9,10)11)33(35)34(48-51)26-20-30(45)31(21-29(26)44)49-60(55,56)32-15-13-12-14-28(32)43/h12-15,20-25,49H,16-19H2,1-11H3,(H,47,52). The van der Waals surface area contributed by atoms with Gasteiger partial charge >= 0.3 is 18.3 Å². The summed E-state index contributed by atoms with van der Waals surface area (Å²) in [5.41, 5.74) is -3.42. The monoisotopic (exact) mass is 858 g/mol. The number of sulfonamides is 1. The molecule has 1 fully saturated rings. The second-order valence-electron chi connectivity index (χ2n) is 18.0. The zero-order valence-corrected chi connectivity index (χ0v) is 36.5. The molecule has 0 spiro atoms. The highest BCUT2D eigenvalue weighted by Crippen LogP contribution is 2.44. The van der Waals surface area contributed by atoms with Crippen molar-refractivity contribution in [2.24, 2.45) is 0 Å². The second-order valence-corrected chi connectivity index (χ2v) is 19.6. The third-order valence-electron chi connectivity index (χ3n) is 9.16. The lowest BCUT2D eigenvalue weighted by Gasteiger charge is -2.31. The number of alkyl carbamates (subject to hydrolysis) is 1. The Bertz CT molecular complexity index is 2360. The van der Waals surface area contributed by atoms with Gasteiger partial charge < -0.3 is 19.5 Å². The largest absolute Gasteiger partial charge is 0.444 e. The van der Waals surface area contributed by atoms with Crippen molar-refractivity contribution in [3.05, 3.63) is 65.6 Å². The molecule has 0 unspecified atom stereocenters. The number of benzene rings is 2. The fourth-order valence-corrected chi connectivity index (χ4v) is 7.90. The molecule has 3 amide bonds. The molecule has 1 aliphatic rings. The van der Waals surface area contributed by atoms with Crippen LogP contribution in [-0.2, 0) is 24.2 Å². The topological polar surface area (TPSA) is 171 Å². The highest BCUT2D eigenvalue weighted by molar-refractivity contribution is 7.92. The minimum absolute atomic E-state index is 0.0232. The zero-order chi connectivity index (χ0) is 44.7. The van der Waals surface area contributed by atoms with Crippen LogP contribution in [0.2, 0.25) is 0 Å². The molecule has 0 radical (unpaired) electrons. The van der Waals surface area contributed by atoms with E-state index in [1.807, 2.05) is 4.72 Å². The molecule has 2 N–H and O–H groups in total. The SMILES string of the molecule is CC(C)n1nc(-c2cc(F)c(NS(=O)(=O)c3ccccc3F)cc2F)c2c(N(C(=O)OC(C)(C)C)C(=O)OC(C)(C)C)ncc(C3CCC(NC(=O)OC(C)(C)C)CC3)c21. The lowest BCUT2D eigenvalue weighted by atomic mass is 9.81. The molecule has 0 aliphatic heterocycles. The number of imide groups is 1. The molecule has 326 valence electrons. The number of hydrogen-bond donors (Lipinski definition) is 2. The first-order valence-electron chi connectivity index (χ1n) is 19.6. The summed E-state index contributed by atoms with van der Waals surface area (Å²) >= 11 is 0. The summed E-state index contributed by atoms with van der Waals surface area (Å²) in [4.78, 5) is 45.1. The van der Waals surface area contributed by atoms with Crippen LogP contribution in [0.25, 0.3) is 22.2 Å². The summed E-state index contributed by atoms with van der Waals surface area (Å²) < 4.78 is 93.4. The predicted molar refractivity (Wildman–Crippen MR) is 220 cm³/mol. The minimum atomic E-state index is -4.71. The van der Waals surface area contributed by atoms with Crippen molar-refractivity contribution in [1.82, 2.24) is 20.1 Å². The van der Waals surface area contributed by atoms with Gasteiger partial charge in [0.2, 0.25) is 0 Å². The number of nitrogens with zero attached hydrogens (tertiary/aromatic N) is 4. The number of aromatic nitrogens is 3. The fourth-order valence-electron chi connectivity index (χ4n) is 6.76. The first-order chi connectivity index (χ1) is 27.7. The molecule has 2 heterocycles. The molecule has 60 heavy (non-hydrogen) atoms. The summed E-state index contributed by atoms with van der Waals surface area (Å²) in [7, 11) is -4.71. The average Bonchev–Trinajstić information content (AvgIpc) is 3.49. The smallest absolute Gasteiger partial charge is 0.425 e. The maximum atomic E-state index is 16.5. The number of carbonyl (C=O) groups is 3. The second kappa shape index (κ2) is 16.9. The van der Waals surface area contributed by atoms with Gasteiger partial charge in [-0.05, 0) is 132 Å². The molecule has 4 aromatic rings. The lowest BCUT2D eigenvalue weighted by Crippen LogP contribution is -2.44. The Morgan fingerprint density at radius 1 is 0.817 bits per heavy atom. The Hall–Kier alpha value is -5.39. The van der Waals surface area contributed by atoms with Crippen LogP contribution < -0.4 is 14.9 Å². The van der Waals surface area contributed by atoms with Gasteiger partial charge in [-0.1, -0.05) is 12.1 Å². The van der Waals surface area contributed by atoms with Crippen LogP contribution in [0.5, 0.6) is 0 Å². The molecule has 0 bridgehead atoms. The van der Waals surface area contributed by atoms with Crippen molar-refractivity contribution in [2.75, 3.05) is 9.62 Å². The maximum Gasteiger partial charge on any atom is 0.425 e. The van der Waals surface area contributed by atoms with Crippen LogP contribution in [-0.4, -0.2) is 64.3 Å². The Labute approximate surface area is 348 Å². The third-order valence-corrected chi connectivity index (χ3v) is 10.6. The molecular weight excluding hydrogens is 806 g/mol. The van der Waals surface area contributed by atoms with E-state index in [0.717, 1.165) is 18.2 Å². The molecule has 1 aliphatic carbocycles. The average molecular weight is 859 g/mol. The number of fused-ring (bicyclic) bond motifs is 1. The summed E-state index contributed by atoms with van der Waals surface area (Å²) in [5.74, 6) is -4.04. The number of ether oxygens (including phenoxy) is 3. The number of hydrogen-bond acceptors (Lipinski definition) is 10. The maximum absolute atomic E-state index is 16.5. The van der Waals surface area contributed by atoms with Gasteiger partial charge in [0.25, 0.3) is 10.0 Å². The van der Waals surface area contributed by atoms with E-state index in [-0.39, 0.29) is 28.9 Å². The molecule has 5 rings (SSSR count). The van der Waals surface area contributed by atoms with Gasteiger partial charge in [0.15, 0.2) is 5.82 Å². The number of anilines is 2. The third kappa shape index (κ3) is 10.7. The van der Waals surface area contributed by atoms with Gasteiger partial charge in [0.1, 0.15) is 44.8 Å². The van der Waals surface area contributed by atoms with E-state index < -0.39 is 84.7 Å². The van der Waals surface area contributed by atoms with Crippen LogP contribution in [0.4, 0.5) is 39.1 Å². The molecule has 2 aromatic carbocycles. The van der Waals surface area contributed by atoms with Crippen LogP contribution in [0, 0.1) is 17.5 Å². The van der Waals surface area contributed by atoms with Crippen molar-refractivity contribution in [2.45, 2.75) is 142 Å². The van der Waals surface area contributed by atoms with Crippen LogP contribution >= 0.6 is 0 Å². The number of pyridine rings is 1. The highest BCUT2D eigenvalue weighted by Gasteiger charge is 2.39. The normalized spacial score (nSPS) is 16.4. The molecular formula is C42H53F3N6O8S. The molecule has 2 aromatic heterocycles. The van der Waals surface area contributed by atoms with Crippen molar-refractivity contribution < 1.29 is 50.2 Å². The molecule has 18 heteroatoms. The van der Waals surface area contributed by atoms with Crippen molar-refractivity contribution >= 4 is 50.7 Å². The van der Waals surface area contributed by atoms with E-state index in [2.05, 4.69) is 10.3 Å². The lowest BCUT2D eigenvalue weighted by molar-refractivity contribution is 0.0425. The fraction of sp³-hybridized carbons (Fsp3) is 0.500.